The highest BCUT2D eigenvalue weighted by molar-refractivity contribution is 5.83. The van der Waals surface area contributed by atoms with Crippen LogP contribution in [-0.2, 0) is 17.9 Å². The smallest absolute Gasteiger partial charge is 0.230 e. The molecule has 7 nitrogen and oxygen atoms in total. The number of hydrogen-bond donors (Lipinski definition) is 0. The van der Waals surface area contributed by atoms with Crippen LogP contribution in [0.15, 0.2) is 18.2 Å². The van der Waals surface area contributed by atoms with Crippen LogP contribution in [0, 0.1) is 6.92 Å². The van der Waals surface area contributed by atoms with Crippen LogP contribution in [0.3, 0.4) is 0 Å². The summed E-state index contributed by atoms with van der Waals surface area (Å²) in [6.07, 6.45) is 0. The van der Waals surface area contributed by atoms with Gasteiger partial charge in [-0.1, -0.05) is 6.07 Å². The Balaban J connectivity index is 1.52. The quantitative estimate of drug-likeness (QED) is 0.836. The van der Waals surface area contributed by atoms with Crippen LogP contribution >= 0.6 is 0 Å². The Bertz CT molecular complexity index is 786. The molecule has 1 atom stereocenters. The molecule has 1 amide bonds. The highest BCUT2D eigenvalue weighted by Crippen LogP contribution is 2.33. The maximum absolute atomic E-state index is 12.9. The van der Waals surface area contributed by atoms with Crippen molar-refractivity contribution in [1.29, 1.82) is 0 Å². The number of aryl methyl sites for hydroxylation is 1. The van der Waals surface area contributed by atoms with E-state index in [0.29, 0.717) is 32.1 Å². The van der Waals surface area contributed by atoms with Crippen LogP contribution < -0.4 is 9.47 Å². The SMILES string of the molecule is Cc1nnc2n1CCN(C(=O)[C@@H](C)c1ccc3c(c1)OCCO3)C2. The zero-order chi connectivity index (χ0) is 16.7. The molecule has 0 spiro atoms. The minimum Gasteiger partial charge on any atom is -0.486 e. The molecule has 0 saturated carbocycles. The van der Waals surface area contributed by atoms with Crippen LogP contribution in [0.2, 0.25) is 0 Å². The Morgan fingerprint density at radius 1 is 1.17 bits per heavy atom. The van der Waals surface area contributed by atoms with Crippen molar-refractivity contribution in [2.45, 2.75) is 32.9 Å². The van der Waals surface area contributed by atoms with Gasteiger partial charge in [-0.25, -0.2) is 0 Å². The fourth-order valence-corrected chi connectivity index (χ4v) is 3.24. The molecule has 7 heteroatoms. The van der Waals surface area contributed by atoms with Gasteiger partial charge in [0.25, 0.3) is 0 Å². The van der Waals surface area contributed by atoms with Crippen LogP contribution in [0.25, 0.3) is 0 Å². The Labute approximate surface area is 140 Å². The lowest BCUT2D eigenvalue weighted by atomic mass is 9.98. The van der Waals surface area contributed by atoms with E-state index in [4.69, 9.17) is 9.47 Å². The zero-order valence-electron chi connectivity index (χ0n) is 13.9. The van der Waals surface area contributed by atoms with E-state index in [1.165, 1.54) is 0 Å². The molecule has 2 aliphatic rings. The van der Waals surface area contributed by atoms with E-state index < -0.39 is 0 Å². The minimum absolute atomic E-state index is 0.0959. The molecule has 1 aromatic carbocycles. The lowest BCUT2D eigenvalue weighted by molar-refractivity contribution is -0.134. The minimum atomic E-state index is -0.239. The van der Waals surface area contributed by atoms with Gasteiger partial charge in [-0.05, 0) is 31.5 Å². The number of nitrogens with zero attached hydrogens (tertiary/aromatic N) is 4. The summed E-state index contributed by atoms with van der Waals surface area (Å²) in [5, 5.41) is 8.25. The molecular formula is C17H20N4O3. The number of carbonyl (C=O) groups excluding carboxylic acids is 1. The molecule has 0 bridgehead atoms. The zero-order valence-corrected chi connectivity index (χ0v) is 13.9. The van der Waals surface area contributed by atoms with Crippen molar-refractivity contribution < 1.29 is 14.3 Å². The molecule has 2 aromatic rings. The number of benzene rings is 1. The summed E-state index contributed by atoms with van der Waals surface area (Å²) < 4.78 is 13.2. The number of carbonyl (C=O) groups is 1. The monoisotopic (exact) mass is 328 g/mol. The fraction of sp³-hybridized carbons (Fsp3) is 0.471. The van der Waals surface area contributed by atoms with Gasteiger partial charge in [0.15, 0.2) is 17.3 Å². The molecule has 0 saturated heterocycles. The molecule has 24 heavy (non-hydrogen) atoms. The summed E-state index contributed by atoms with van der Waals surface area (Å²) in [6, 6.07) is 5.73. The predicted molar refractivity (Wildman–Crippen MR) is 86.0 cm³/mol. The van der Waals surface area contributed by atoms with Crippen molar-refractivity contribution in [3.05, 3.63) is 35.4 Å². The van der Waals surface area contributed by atoms with Gasteiger partial charge in [0.2, 0.25) is 5.91 Å². The van der Waals surface area contributed by atoms with E-state index in [9.17, 15) is 4.79 Å². The van der Waals surface area contributed by atoms with Crippen molar-refractivity contribution in [3.8, 4) is 11.5 Å². The molecule has 0 N–H and O–H groups in total. The third-order valence-electron chi connectivity index (χ3n) is 4.69. The van der Waals surface area contributed by atoms with Gasteiger partial charge >= 0.3 is 0 Å². The summed E-state index contributed by atoms with van der Waals surface area (Å²) in [6.45, 7) is 6.90. The number of aromatic nitrogens is 3. The van der Waals surface area contributed by atoms with E-state index in [1.807, 2.05) is 36.9 Å². The van der Waals surface area contributed by atoms with Crippen LogP contribution in [0.4, 0.5) is 0 Å². The number of amides is 1. The summed E-state index contributed by atoms with van der Waals surface area (Å²) in [5.74, 6) is 3.06. The van der Waals surface area contributed by atoms with Gasteiger partial charge in [-0.15, -0.1) is 10.2 Å². The summed E-state index contributed by atoms with van der Waals surface area (Å²) >= 11 is 0. The fourth-order valence-electron chi connectivity index (χ4n) is 3.24. The number of ether oxygens (including phenoxy) is 2. The molecule has 1 aromatic heterocycles. The van der Waals surface area contributed by atoms with E-state index in [1.54, 1.807) is 0 Å². The van der Waals surface area contributed by atoms with Crippen molar-refractivity contribution in [1.82, 2.24) is 19.7 Å². The van der Waals surface area contributed by atoms with Crippen molar-refractivity contribution in [2.75, 3.05) is 19.8 Å². The Morgan fingerprint density at radius 3 is 2.79 bits per heavy atom. The molecule has 4 rings (SSSR count). The number of fused-ring (bicyclic) bond motifs is 2. The van der Waals surface area contributed by atoms with Crippen LogP contribution in [0.1, 0.15) is 30.1 Å². The van der Waals surface area contributed by atoms with E-state index in [-0.39, 0.29) is 11.8 Å². The number of hydrogen-bond acceptors (Lipinski definition) is 5. The normalized spacial score (nSPS) is 17.3. The average Bonchev–Trinajstić information content (AvgIpc) is 3.00. The first-order valence-electron chi connectivity index (χ1n) is 8.20. The maximum atomic E-state index is 12.9. The molecule has 0 unspecified atom stereocenters. The highest BCUT2D eigenvalue weighted by Gasteiger charge is 2.28. The Morgan fingerprint density at radius 2 is 1.96 bits per heavy atom. The summed E-state index contributed by atoms with van der Waals surface area (Å²) in [7, 11) is 0. The van der Waals surface area contributed by atoms with Crippen LogP contribution in [0.5, 0.6) is 11.5 Å². The third-order valence-corrected chi connectivity index (χ3v) is 4.69. The molecular weight excluding hydrogens is 308 g/mol. The van der Waals surface area contributed by atoms with E-state index in [2.05, 4.69) is 14.8 Å². The Kier molecular flexibility index (Phi) is 3.63. The summed E-state index contributed by atoms with van der Waals surface area (Å²) in [4.78, 5) is 14.7. The lowest BCUT2D eigenvalue weighted by Gasteiger charge is -2.30. The van der Waals surface area contributed by atoms with Gasteiger partial charge in [0.05, 0.1) is 12.5 Å². The molecule has 2 aliphatic heterocycles. The molecule has 0 fully saturated rings. The van der Waals surface area contributed by atoms with E-state index >= 15 is 0 Å². The largest absolute Gasteiger partial charge is 0.486 e. The highest BCUT2D eigenvalue weighted by atomic mass is 16.6. The van der Waals surface area contributed by atoms with Gasteiger partial charge < -0.3 is 18.9 Å². The third kappa shape index (κ3) is 2.50. The Hall–Kier alpha value is -2.57. The molecule has 126 valence electrons. The van der Waals surface area contributed by atoms with Crippen LogP contribution in [-0.4, -0.2) is 45.3 Å². The first kappa shape index (κ1) is 15.0. The second-order valence-electron chi connectivity index (χ2n) is 6.20. The standard InChI is InChI=1S/C17H20N4O3/c1-11(13-3-4-14-15(9-13)24-8-7-23-14)17(22)20-5-6-21-12(2)18-19-16(21)10-20/h3-4,9,11H,5-8,10H2,1-2H3/t11-/m0/s1. The topological polar surface area (TPSA) is 69.5 Å². The average molecular weight is 328 g/mol. The maximum Gasteiger partial charge on any atom is 0.230 e. The first-order chi connectivity index (χ1) is 11.6. The van der Waals surface area contributed by atoms with Crippen molar-refractivity contribution in [2.24, 2.45) is 0 Å². The predicted octanol–water partition coefficient (Wildman–Crippen LogP) is 1.50. The van der Waals surface area contributed by atoms with Gasteiger partial charge in [0.1, 0.15) is 19.0 Å². The second kappa shape index (κ2) is 5.81. The molecule has 0 radical (unpaired) electrons. The molecule has 0 aliphatic carbocycles. The van der Waals surface area contributed by atoms with E-state index in [0.717, 1.165) is 29.5 Å². The van der Waals surface area contributed by atoms with Crippen molar-refractivity contribution in [3.63, 3.8) is 0 Å². The lowest BCUT2D eigenvalue weighted by Crippen LogP contribution is -2.40. The van der Waals surface area contributed by atoms with Gasteiger partial charge in [0, 0.05) is 13.1 Å². The number of rotatable bonds is 2. The summed E-state index contributed by atoms with van der Waals surface area (Å²) in [5.41, 5.74) is 0.937. The first-order valence-corrected chi connectivity index (χ1v) is 8.20. The second-order valence-corrected chi connectivity index (χ2v) is 6.20. The van der Waals surface area contributed by atoms with Gasteiger partial charge in [-0.2, -0.15) is 0 Å². The van der Waals surface area contributed by atoms with Gasteiger partial charge in [-0.3, -0.25) is 4.79 Å². The molecule has 3 heterocycles. The van der Waals surface area contributed by atoms with Crippen molar-refractivity contribution >= 4 is 5.91 Å².